The van der Waals surface area contributed by atoms with E-state index < -0.39 is 16.1 Å². The minimum absolute atomic E-state index is 0.517. The smallest absolute Gasteiger partial charge is 0.333 e. The SMILES string of the molecule is O=C(Nc1c2c(cc3c1CCC3)CCC2)NS(=O)(=O)/C=C/c1cnn2c1OCC2. The molecule has 2 aromatic rings. The maximum absolute atomic E-state index is 12.5. The molecule has 1 aromatic carbocycles. The highest BCUT2D eigenvalue weighted by Crippen LogP contribution is 2.38. The summed E-state index contributed by atoms with van der Waals surface area (Å²) in [6, 6.07) is 1.53. The molecule has 2 N–H and O–H groups in total. The van der Waals surface area contributed by atoms with Crippen molar-refractivity contribution in [3.63, 3.8) is 0 Å². The Balaban J connectivity index is 1.33. The van der Waals surface area contributed by atoms with Crippen LogP contribution >= 0.6 is 0 Å². The van der Waals surface area contributed by atoms with Crippen LogP contribution in [-0.4, -0.2) is 30.8 Å². The Morgan fingerprint density at radius 1 is 1.14 bits per heavy atom. The molecule has 2 aliphatic carbocycles. The number of aromatic nitrogens is 2. The van der Waals surface area contributed by atoms with Crippen LogP contribution in [0.15, 0.2) is 17.7 Å². The number of rotatable bonds is 4. The summed E-state index contributed by atoms with van der Waals surface area (Å²) in [5, 5.41) is 7.92. The fourth-order valence-corrected chi connectivity index (χ4v) is 5.18. The van der Waals surface area contributed by atoms with E-state index in [4.69, 9.17) is 4.74 Å². The zero-order valence-corrected chi connectivity index (χ0v) is 16.7. The van der Waals surface area contributed by atoms with Crippen molar-refractivity contribution in [3.8, 4) is 5.88 Å². The highest BCUT2D eigenvalue weighted by molar-refractivity contribution is 7.93. The average molecular weight is 414 g/mol. The van der Waals surface area contributed by atoms with Crippen molar-refractivity contribution in [2.75, 3.05) is 11.9 Å². The standard InChI is InChI=1S/C20H22N4O4S/c25-20(22-18-16-5-1-3-13(16)11-14-4-2-6-17(14)18)23-29(26,27)10-7-15-12-21-24-8-9-28-19(15)24/h7,10-12H,1-6,8-9H2,(H2,22,23,25)/b10-7+. The number of hydrogen-bond donors (Lipinski definition) is 2. The first-order valence-electron chi connectivity index (χ1n) is 9.87. The van der Waals surface area contributed by atoms with Crippen molar-refractivity contribution < 1.29 is 17.9 Å². The lowest BCUT2D eigenvalue weighted by atomic mass is 9.99. The third kappa shape index (κ3) is 3.39. The van der Waals surface area contributed by atoms with Crippen LogP contribution in [0.4, 0.5) is 10.5 Å². The maximum Gasteiger partial charge on any atom is 0.333 e. The lowest BCUT2D eigenvalue weighted by Crippen LogP contribution is -2.33. The van der Waals surface area contributed by atoms with Gasteiger partial charge in [-0.3, -0.25) is 0 Å². The highest BCUT2D eigenvalue weighted by atomic mass is 32.2. The van der Waals surface area contributed by atoms with Crippen LogP contribution in [0, 0.1) is 0 Å². The van der Waals surface area contributed by atoms with Gasteiger partial charge in [-0.15, -0.1) is 0 Å². The molecule has 8 nitrogen and oxygen atoms in total. The van der Waals surface area contributed by atoms with Crippen molar-refractivity contribution in [3.05, 3.63) is 45.5 Å². The number of ether oxygens (including phenoxy) is 1. The molecule has 0 atom stereocenters. The van der Waals surface area contributed by atoms with E-state index in [0.29, 0.717) is 24.6 Å². The number of carbonyl (C=O) groups excluding carboxylic acids is 1. The molecule has 0 spiro atoms. The van der Waals surface area contributed by atoms with Crippen molar-refractivity contribution in [1.29, 1.82) is 0 Å². The Labute approximate surface area is 169 Å². The number of sulfonamides is 1. The van der Waals surface area contributed by atoms with Gasteiger partial charge in [-0.05, 0) is 66.9 Å². The van der Waals surface area contributed by atoms with Gasteiger partial charge in [-0.25, -0.2) is 22.6 Å². The summed E-state index contributed by atoms with van der Waals surface area (Å²) in [6.07, 6.45) is 8.90. The molecule has 29 heavy (non-hydrogen) atoms. The van der Waals surface area contributed by atoms with Gasteiger partial charge < -0.3 is 10.1 Å². The first kappa shape index (κ1) is 18.2. The monoisotopic (exact) mass is 414 g/mol. The second-order valence-corrected chi connectivity index (χ2v) is 9.18. The molecule has 1 aromatic heterocycles. The Kier molecular flexibility index (Phi) is 4.34. The lowest BCUT2D eigenvalue weighted by molar-refractivity contribution is 0.256. The van der Waals surface area contributed by atoms with Gasteiger partial charge in [0.15, 0.2) is 0 Å². The molecule has 0 bridgehead atoms. The summed E-state index contributed by atoms with van der Waals surface area (Å²) in [7, 11) is -3.96. The lowest BCUT2D eigenvalue weighted by Gasteiger charge is -2.16. The Bertz CT molecular complexity index is 1100. The van der Waals surface area contributed by atoms with Crippen LogP contribution in [-0.2, 0) is 42.3 Å². The van der Waals surface area contributed by atoms with Crippen LogP contribution in [0.1, 0.15) is 40.7 Å². The van der Waals surface area contributed by atoms with E-state index in [0.717, 1.165) is 60.7 Å². The number of fused-ring (bicyclic) bond motifs is 3. The number of aryl methyl sites for hydroxylation is 2. The molecule has 0 saturated carbocycles. The van der Waals surface area contributed by atoms with E-state index in [-0.39, 0.29) is 0 Å². The molecule has 9 heteroatoms. The Morgan fingerprint density at radius 2 is 1.86 bits per heavy atom. The first-order valence-corrected chi connectivity index (χ1v) is 11.4. The Morgan fingerprint density at radius 3 is 2.59 bits per heavy atom. The summed E-state index contributed by atoms with van der Waals surface area (Å²) >= 11 is 0. The minimum Gasteiger partial charge on any atom is -0.475 e. The molecular formula is C20H22N4O4S. The number of hydrogen-bond acceptors (Lipinski definition) is 5. The molecule has 1 aliphatic heterocycles. The molecule has 5 rings (SSSR count). The molecular weight excluding hydrogens is 392 g/mol. The van der Waals surface area contributed by atoms with Crippen molar-refractivity contribution in [2.45, 2.75) is 45.1 Å². The molecule has 152 valence electrons. The van der Waals surface area contributed by atoms with Gasteiger partial charge in [0.1, 0.15) is 6.61 Å². The fraction of sp³-hybridized carbons (Fsp3) is 0.400. The quantitative estimate of drug-likeness (QED) is 0.800. The molecule has 0 unspecified atom stereocenters. The largest absolute Gasteiger partial charge is 0.475 e. The summed E-state index contributed by atoms with van der Waals surface area (Å²) in [5.74, 6) is 0.538. The van der Waals surface area contributed by atoms with Gasteiger partial charge in [0.2, 0.25) is 5.88 Å². The topological polar surface area (TPSA) is 102 Å². The van der Waals surface area contributed by atoms with Gasteiger partial charge in [-0.2, -0.15) is 5.10 Å². The van der Waals surface area contributed by atoms with Crippen molar-refractivity contribution >= 4 is 27.8 Å². The van der Waals surface area contributed by atoms with E-state index >= 15 is 0 Å². The van der Waals surface area contributed by atoms with E-state index in [2.05, 4.69) is 21.2 Å². The number of nitrogens with one attached hydrogen (secondary N) is 2. The third-order valence-corrected chi connectivity index (χ3v) is 6.70. The number of urea groups is 1. The van der Waals surface area contributed by atoms with Gasteiger partial charge in [0.25, 0.3) is 10.0 Å². The molecule has 0 fully saturated rings. The second kappa shape index (κ2) is 6.91. The number of amides is 2. The van der Waals surface area contributed by atoms with Crippen LogP contribution in [0.3, 0.4) is 0 Å². The first-order chi connectivity index (χ1) is 14.0. The highest BCUT2D eigenvalue weighted by Gasteiger charge is 2.25. The summed E-state index contributed by atoms with van der Waals surface area (Å²) < 4.78 is 33.9. The van der Waals surface area contributed by atoms with Crippen LogP contribution in [0.2, 0.25) is 0 Å². The maximum atomic E-state index is 12.5. The minimum atomic E-state index is -3.96. The predicted molar refractivity (Wildman–Crippen MR) is 108 cm³/mol. The summed E-state index contributed by atoms with van der Waals surface area (Å²) in [4.78, 5) is 12.5. The summed E-state index contributed by atoms with van der Waals surface area (Å²) in [6.45, 7) is 1.16. The van der Waals surface area contributed by atoms with Gasteiger partial charge in [0.05, 0.1) is 23.7 Å². The molecule has 2 amide bonds. The predicted octanol–water partition coefficient (Wildman–Crippen LogP) is 2.38. The summed E-state index contributed by atoms with van der Waals surface area (Å²) in [5.41, 5.74) is 6.24. The Hall–Kier alpha value is -2.81. The number of benzene rings is 1. The molecule has 2 heterocycles. The van der Waals surface area contributed by atoms with E-state index in [1.807, 2.05) is 0 Å². The van der Waals surface area contributed by atoms with Crippen molar-refractivity contribution in [1.82, 2.24) is 14.5 Å². The van der Waals surface area contributed by atoms with Crippen molar-refractivity contribution in [2.24, 2.45) is 0 Å². The third-order valence-electron chi connectivity index (χ3n) is 5.73. The fourth-order valence-electron chi connectivity index (χ4n) is 4.48. The van der Waals surface area contributed by atoms with E-state index in [9.17, 15) is 13.2 Å². The van der Waals surface area contributed by atoms with Crippen LogP contribution in [0.5, 0.6) is 5.88 Å². The average Bonchev–Trinajstić information content (AvgIpc) is 3.43. The van der Waals surface area contributed by atoms with Gasteiger partial charge in [-0.1, -0.05) is 6.07 Å². The number of anilines is 1. The normalized spacial score (nSPS) is 17.1. The van der Waals surface area contributed by atoms with E-state index in [1.165, 1.54) is 23.4 Å². The van der Waals surface area contributed by atoms with Gasteiger partial charge in [0, 0.05) is 5.69 Å². The van der Waals surface area contributed by atoms with Gasteiger partial charge >= 0.3 is 6.03 Å². The van der Waals surface area contributed by atoms with E-state index in [1.54, 1.807) is 4.68 Å². The molecule has 3 aliphatic rings. The van der Waals surface area contributed by atoms with Crippen LogP contribution < -0.4 is 14.8 Å². The molecule has 0 saturated heterocycles. The second-order valence-electron chi connectivity index (χ2n) is 7.61. The zero-order chi connectivity index (χ0) is 20.0. The number of nitrogens with zero attached hydrogens (tertiary/aromatic N) is 2. The van der Waals surface area contributed by atoms with Crippen LogP contribution in [0.25, 0.3) is 6.08 Å². The zero-order valence-electron chi connectivity index (χ0n) is 15.9. The molecule has 0 radical (unpaired) electrons. The number of carbonyl (C=O) groups is 1.